The molecule has 1 amide bonds. The van der Waals surface area contributed by atoms with Crippen molar-refractivity contribution in [3.63, 3.8) is 0 Å². The fourth-order valence-electron chi connectivity index (χ4n) is 2.33. The fourth-order valence-corrected chi connectivity index (χ4v) is 2.78. The van der Waals surface area contributed by atoms with Gasteiger partial charge in [-0.2, -0.15) is 5.10 Å². The molecule has 0 saturated carbocycles. The maximum atomic E-state index is 12.4. The Kier molecular flexibility index (Phi) is 6.63. The van der Waals surface area contributed by atoms with Crippen LogP contribution in [0.2, 0.25) is 5.02 Å². The Morgan fingerprint density at radius 3 is 2.52 bits per heavy atom. The first-order valence-electron chi connectivity index (χ1n) is 8.17. The molecule has 27 heavy (non-hydrogen) atoms. The molecule has 0 aliphatic carbocycles. The molecule has 0 atom stereocenters. The van der Waals surface area contributed by atoms with Crippen molar-refractivity contribution >= 4 is 39.7 Å². The SMILES string of the molecule is O=C(N/N=C/c1ccc(Br)cc1)c1ccccc1OCc1ccccc1Cl. The lowest BCUT2D eigenvalue weighted by molar-refractivity contribution is 0.0950. The largest absolute Gasteiger partial charge is 0.488 e. The molecular formula is C21H16BrClN2O2. The van der Waals surface area contributed by atoms with Crippen LogP contribution in [0.3, 0.4) is 0 Å². The number of carbonyl (C=O) groups excluding carboxylic acids is 1. The van der Waals surface area contributed by atoms with Gasteiger partial charge in [0, 0.05) is 15.1 Å². The number of para-hydroxylation sites is 1. The summed E-state index contributed by atoms with van der Waals surface area (Å²) in [5.41, 5.74) is 4.65. The Morgan fingerprint density at radius 2 is 1.74 bits per heavy atom. The van der Waals surface area contributed by atoms with Gasteiger partial charge in [-0.1, -0.05) is 70.0 Å². The van der Waals surface area contributed by atoms with Crippen LogP contribution in [0.1, 0.15) is 21.5 Å². The highest BCUT2D eigenvalue weighted by atomic mass is 79.9. The molecule has 3 aromatic rings. The van der Waals surface area contributed by atoms with Gasteiger partial charge < -0.3 is 4.74 Å². The van der Waals surface area contributed by atoms with Crippen LogP contribution >= 0.6 is 27.5 Å². The molecule has 0 saturated heterocycles. The van der Waals surface area contributed by atoms with E-state index in [0.717, 1.165) is 15.6 Å². The Labute approximate surface area is 171 Å². The lowest BCUT2D eigenvalue weighted by Gasteiger charge is -2.11. The topological polar surface area (TPSA) is 50.7 Å². The first kappa shape index (κ1) is 19.1. The fraction of sp³-hybridized carbons (Fsp3) is 0.0476. The molecule has 3 rings (SSSR count). The van der Waals surface area contributed by atoms with Gasteiger partial charge in [0.15, 0.2) is 0 Å². The maximum Gasteiger partial charge on any atom is 0.275 e. The lowest BCUT2D eigenvalue weighted by atomic mass is 10.2. The molecule has 0 fully saturated rings. The Bertz CT molecular complexity index is 958. The van der Waals surface area contributed by atoms with Gasteiger partial charge >= 0.3 is 0 Å². The number of ether oxygens (including phenoxy) is 1. The number of nitrogens with zero attached hydrogens (tertiary/aromatic N) is 1. The highest BCUT2D eigenvalue weighted by molar-refractivity contribution is 9.10. The summed E-state index contributed by atoms with van der Waals surface area (Å²) < 4.78 is 6.78. The number of rotatable bonds is 6. The summed E-state index contributed by atoms with van der Waals surface area (Å²) in [5, 5.41) is 4.63. The van der Waals surface area contributed by atoms with Crippen LogP contribution in [-0.2, 0) is 6.61 Å². The molecule has 0 unspecified atom stereocenters. The normalized spacial score (nSPS) is 10.7. The van der Waals surface area contributed by atoms with E-state index < -0.39 is 0 Å². The van der Waals surface area contributed by atoms with Crippen LogP contribution in [0.25, 0.3) is 0 Å². The van der Waals surface area contributed by atoms with Gasteiger partial charge in [0.25, 0.3) is 5.91 Å². The van der Waals surface area contributed by atoms with Crippen LogP contribution < -0.4 is 10.2 Å². The maximum absolute atomic E-state index is 12.4. The van der Waals surface area contributed by atoms with Crippen molar-refractivity contribution in [3.8, 4) is 5.75 Å². The predicted molar refractivity (Wildman–Crippen MR) is 111 cm³/mol. The van der Waals surface area contributed by atoms with Gasteiger partial charge in [-0.15, -0.1) is 0 Å². The summed E-state index contributed by atoms with van der Waals surface area (Å²) in [4.78, 5) is 12.4. The lowest BCUT2D eigenvalue weighted by Crippen LogP contribution is -2.18. The quantitative estimate of drug-likeness (QED) is 0.407. The van der Waals surface area contributed by atoms with E-state index in [1.165, 1.54) is 0 Å². The third-order valence-corrected chi connectivity index (χ3v) is 4.62. The van der Waals surface area contributed by atoms with Crippen molar-refractivity contribution in [2.75, 3.05) is 0 Å². The number of hydrogen-bond acceptors (Lipinski definition) is 3. The van der Waals surface area contributed by atoms with Gasteiger partial charge in [-0.3, -0.25) is 4.79 Å². The third-order valence-electron chi connectivity index (χ3n) is 3.72. The third kappa shape index (κ3) is 5.42. The van der Waals surface area contributed by atoms with E-state index in [4.69, 9.17) is 16.3 Å². The minimum absolute atomic E-state index is 0.270. The monoisotopic (exact) mass is 442 g/mol. The second-order valence-corrected chi connectivity index (χ2v) is 6.95. The molecule has 0 aliphatic rings. The molecule has 4 nitrogen and oxygen atoms in total. The summed E-state index contributed by atoms with van der Waals surface area (Å²) in [6, 6.07) is 22.0. The summed E-state index contributed by atoms with van der Waals surface area (Å²) in [6.07, 6.45) is 1.58. The average molecular weight is 444 g/mol. The van der Waals surface area contributed by atoms with E-state index in [-0.39, 0.29) is 12.5 Å². The number of benzene rings is 3. The second-order valence-electron chi connectivity index (χ2n) is 5.63. The number of amides is 1. The number of nitrogens with one attached hydrogen (secondary N) is 1. The zero-order chi connectivity index (χ0) is 19.1. The minimum Gasteiger partial charge on any atom is -0.488 e. The second kappa shape index (κ2) is 9.35. The Balaban J connectivity index is 1.66. The molecule has 6 heteroatoms. The number of hydrazone groups is 1. The molecule has 0 spiro atoms. The zero-order valence-corrected chi connectivity index (χ0v) is 16.6. The molecule has 0 aromatic heterocycles. The molecule has 0 aliphatic heterocycles. The molecule has 0 bridgehead atoms. The van der Waals surface area contributed by atoms with Gasteiger partial charge in [-0.25, -0.2) is 5.43 Å². The molecular weight excluding hydrogens is 428 g/mol. The van der Waals surface area contributed by atoms with Crippen molar-refractivity contribution in [2.45, 2.75) is 6.61 Å². The Morgan fingerprint density at radius 1 is 1.04 bits per heavy atom. The highest BCUT2D eigenvalue weighted by Gasteiger charge is 2.12. The van der Waals surface area contributed by atoms with Gasteiger partial charge in [0.05, 0.1) is 11.8 Å². The number of halogens is 2. The minimum atomic E-state index is -0.349. The van der Waals surface area contributed by atoms with Crippen molar-refractivity contribution in [1.82, 2.24) is 5.43 Å². The van der Waals surface area contributed by atoms with E-state index >= 15 is 0 Å². The molecule has 3 aromatic carbocycles. The van der Waals surface area contributed by atoms with E-state index in [9.17, 15) is 4.79 Å². The molecule has 136 valence electrons. The smallest absolute Gasteiger partial charge is 0.275 e. The van der Waals surface area contributed by atoms with Crippen molar-refractivity contribution < 1.29 is 9.53 Å². The summed E-state index contributed by atoms with van der Waals surface area (Å²) in [5.74, 6) is 0.117. The van der Waals surface area contributed by atoms with Gasteiger partial charge in [0.1, 0.15) is 12.4 Å². The van der Waals surface area contributed by atoms with Gasteiger partial charge in [-0.05, 0) is 35.9 Å². The van der Waals surface area contributed by atoms with Crippen molar-refractivity contribution in [1.29, 1.82) is 0 Å². The first-order valence-corrected chi connectivity index (χ1v) is 9.35. The molecule has 0 radical (unpaired) electrons. The average Bonchev–Trinajstić information content (AvgIpc) is 2.69. The first-order chi connectivity index (χ1) is 13.1. The van der Waals surface area contributed by atoms with Crippen LogP contribution in [0.5, 0.6) is 5.75 Å². The summed E-state index contributed by atoms with van der Waals surface area (Å²) in [6.45, 7) is 0.270. The van der Waals surface area contributed by atoms with Crippen LogP contribution in [0.15, 0.2) is 82.4 Å². The Hall–Kier alpha value is -2.63. The predicted octanol–water partition coefficient (Wildman–Crippen LogP) is 5.45. The van der Waals surface area contributed by atoms with E-state index in [0.29, 0.717) is 16.3 Å². The van der Waals surface area contributed by atoms with Crippen molar-refractivity contribution in [2.24, 2.45) is 5.10 Å². The zero-order valence-electron chi connectivity index (χ0n) is 14.2. The van der Waals surface area contributed by atoms with Gasteiger partial charge in [0.2, 0.25) is 0 Å². The van der Waals surface area contributed by atoms with E-state index in [1.807, 2.05) is 48.5 Å². The highest BCUT2D eigenvalue weighted by Crippen LogP contribution is 2.22. The summed E-state index contributed by atoms with van der Waals surface area (Å²) >= 11 is 9.52. The van der Waals surface area contributed by atoms with Crippen LogP contribution in [0, 0.1) is 0 Å². The standard InChI is InChI=1S/C21H16BrClN2O2/c22-17-11-9-15(10-12-17)13-24-25-21(26)18-6-2-4-8-20(18)27-14-16-5-1-3-7-19(16)23/h1-13H,14H2,(H,25,26)/b24-13+. The number of carbonyl (C=O) groups is 1. The molecule has 1 N–H and O–H groups in total. The molecule has 0 heterocycles. The summed E-state index contributed by atoms with van der Waals surface area (Å²) in [7, 11) is 0. The van der Waals surface area contributed by atoms with Crippen LogP contribution in [-0.4, -0.2) is 12.1 Å². The number of hydrogen-bond donors (Lipinski definition) is 1. The van der Waals surface area contributed by atoms with E-state index in [2.05, 4.69) is 26.5 Å². The van der Waals surface area contributed by atoms with Crippen molar-refractivity contribution in [3.05, 3.63) is 99.0 Å². The van der Waals surface area contributed by atoms with E-state index in [1.54, 1.807) is 30.5 Å². The van der Waals surface area contributed by atoms with Crippen LogP contribution in [0.4, 0.5) is 0 Å².